The molecule has 1 rings (SSSR count). The summed E-state index contributed by atoms with van der Waals surface area (Å²) in [6, 6.07) is 6.46. The normalized spacial score (nSPS) is 13.2. The van der Waals surface area contributed by atoms with Crippen LogP contribution in [0.4, 0.5) is 13.2 Å². The van der Waals surface area contributed by atoms with Crippen molar-refractivity contribution in [2.75, 3.05) is 6.61 Å². The van der Waals surface area contributed by atoms with E-state index in [2.05, 4.69) is 0 Å². The summed E-state index contributed by atoms with van der Waals surface area (Å²) in [5, 5.41) is 17.3. The summed E-state index contributed by atoms with van der Waals surface area (Å²) in [5.74, 6) is -0.572. The molecule has 0 saturated carbocycles. The molecule has 1 atom stereocenters. The Morgan fingerprint density at radius 1 is 1.25 bits per heavy atom. The predicted octanol–water partition coefficient (Wildman–Crippen LogP) is 2.38. The number of alkyl halides is 3. The molecule has 0 aliphatic heterocycles. The van der Waals surface area contributed by atoms with Gasteiger partial charge in [-0.3, -0.25) is 0 Å². The highest BCUT2D eigenvalue weighted by molar-refractivity contribution is 5.25. The van der Waals surface area contributed by atoms with Gasteiger partial charge in [0, 0.05) is 0 Å². The molecule has 1 aromatic carbocycles. The fourth-order valence-corrected chi connectivity index (χ4v) is 1.27. The van der Waals surface area contributed by atoms with Gasteiger partial charge in [-0.1, -0.05) is 12.1 Å². The van der Waals surface area contributed by atoms with Crippen molar-refractivity contribution in [3.8, 4) is 6.07 Å². The van der Waals surface area contributed by atoms with Gasteiger partial charge in [0.05, 0.1) is 24.2 Å². The van der Waals surface area contributed by atoms with Gasteiger partial charge in [-0.15, -0.1) is 0 Å². The van der Waals surface area contributed by atoms with Crippen LogP contribution in [0.2, 0.25) is 0 Å². The van der Waals surface area contributed by atoms with Gasteiger partial charge in [0.25, 0.3) is 0 Å². The molecule has 1 aromatic rings. The number of nitriles is 1. The predicted molar refractivity (Wildman–Crippen MR) is 51.3 cm³/mol. The maximum Gasteiger partial charge on any atom is 0.416 e. The first-order valence-corrected chi connectivity index (χ1v) is 4.64. The van der Waals surface area contributed by atoms with Crippen molar-refractivity contribution in [3.63, 3.8) is 0 Å². The smallest absolute Gasteiger partial charge is 0.395 e. The van der Waals surface area contributed by atoms with Gasteiger partial charge >= 0.3 is 6.18 Å². The zero-order valence-electron chi connectivity index (χ0n) is 8.33. The van der Waals surface area contributed by atoms with Crippen LogP contribution in [0.1, 0.15) is 11.1 Å². The molecule has 0 unspecified atom stereocenters. The molecule has 1 N–H and O–H groups in total. The third-order valence-corrected chi connectivity index (χ3v) is 2.17. The van der Waals surface area contributed by atoms with Crippen molar-refractivity contribution in [1.82, 2.24) is 0 Å². The molecule has 0 aliphatic rings. The summed E-state index contributed by atoms with van der Waals surface area (Å²) >= 11 is 0. The molecule has 2 nitrogen and oxygen atoms in total. The number of hydrogen-bond acceptors (Lipinski definition) is 2. The lowest BCUT2D eigenvalue weighted by molar-refractivity contribution is -0.137. The van der Waals surface area contributed by atoms with Crippen LogP contribution in [-0.4, -0.2) is 11.7 Å². The topological polar surface area (TPSA) is 44.0 Å². The fraction of sp³-hybridized carbons (Fsp3) is 0.364. The van der Waals surface area contributed by atoms with Crippen LogP contribution in [-0.2, 0) is 12.6 Å². The number of rotatable bonds is 3. The monoisotopic (exact) mass is 229 g/mol. The molecule has 16 heavy (non-hydrogen) atoms. The molecule has 0 fully saturated rings. The van der Waals surface area contributed by atoms with Crippen LogP contribution in [0.15, 0.2) is 24.3 Å². The second kappa shape index (κ2) is 4.99. The van der Waals surface area contributed by atoms with Gasteiger partial charge in [-0.05, 0) is 24.1 Å². The largest absolute Gasteiger partial charge is 0.416 e. The number of nitrogens with zero attached hydrogens (tertiary/aromatic N) is 1. The Bertz CT molecular complexity index is 378. The Hall–Kier alpha value is -1.54. The number of hydrogen-bond donors (Lipinski definition) is 1. The molecule has 0 aliphatic carbocycles. The minimum atomic E-state index is -4.34. The van der Waals surface area contributed by atoms with Gasteiger partial charge in [-0.2, -0.15) is 18.4 Å². The highest BCUT2D eigenvalue weighted by atomic mass is 19.4. The van der Waals surface area contributed by atoms with E-state index in [1.807, 2.05) is 6.07 Å². The molecular weight excluding hydrogens is 219 g/mol. The van der Waals surface area contributed by atoms with Gasteiger partial charge in [-0.25, -0.2) is 0 Å². The first kappa shape index (κ1) is 12.5. The molecule has 0 spiro atoms. The highest BCUT2D eigenvalue weighted by Crippen LogP contribution is 2.29. The van der Waals surface area contributed by atoms with E-state index in [9.17, 15) is 13.2 Å². The molecular formula is C11H10F3NO. The van der Waals surface area contributed by atoms with Crippen LogP contribution in [0.5, 0.6) is 0 Å². The third-order valence-electron chi connectivity index (χ3n) is 2.17. The minimum absolute atomic E-state index is 0.255. The van der Waals surface area contributed by atoms with Crippen LogP contribution in [0.25, 0.3) is 0 Å². The second-order valence-corrected chi connectivity index (χ2v) is 3.41. The lowest BCUT2D eigenvalue weighted by Crippen LogP contribution is -2.08. The third kappa shape index (κ3) is 3.24. The first-order valence-electron chi connectivity index (χ1n) is 4.64. The maximum atomic E-state index is 12.2. The van der Waals surface area contributed by atoms with Crippen molar-refractivity contribution < 1.29 is 18.3 Å². The number of halogens is 3. The zero-order chi connectivity index (χ0) is 12.2. The Labute approximate surface area is 90.9 Å². The lowest BCUT2D eigenvalue weighted by Gasteiger charge is -2.08. The molecule has 0 amide bonds. The van der Waals surface area contributed by atoms with Crippen molar-refractivity contribution in [3.05, 3.63) is 35.4 Å². The SMILES string of the molecule is N#C[C@@H](CO)Cc1ccc(C(F)(F)F)cc1. The van der Waals surface area contributed by atoms with E-state index < -0.39 is 17.7 Å². The van der Waals surface area contributed by atoms with E-state index in [0.717, 1.165) is 12.1 Å². The fourth-order valence-electron chi connectivity index (χ4n) is 1.27. The van der Waals surface area contributed by atoms with E-state index in [-0.39, 0.29) is 13.0 Å². The highest BCUT2D eigenvalue weighted by Gasteiger charge is 2.29. The van der Waals surface area contributed by atoms with Gasteiger partial charge in [0.15, 0.2) is 0 Å². The second-order valence-electron chi connectivity index (χ2n) is 3.41. The molecule has 0 aromatic heterocycles. The van der Waals surface area contributed by atoms with Crippen molar-refractivity contribution in [2.45, 2.75) is 12.6 Å². The molecule has 0 heterocycles. The van der Waals surface area contributed by atoms with Crippen LogP contribution in [0.3, 0.4) is 0 Å². The quantitative estimate of drug-likeness (QED) is 0.864. The molecule has 5 heteroatoms. The lowest BCUT2D eigenvalue weighted by atomic mass is 10.0. The summed E-state index contributed by atoms with van der Waals surface area (Å²) in [6.45, 7) is -0.294. The van der Waals surface area contributed by atoms with Gasteiger partial charge < -0.3 is 5.11 Å². The summed E-state index contributed by atoms with van der Waals surface area (Å²) < 4.78 is 36.7. The number of benzene rings is 1. The zero-order valence-corrected chi connectivity index (χ0v) is 8.33. The first-order chi connectivity index (χ1) is 7.47. The van der Waals surface area contributed by atoms with E-state index in [0.29, 0.717) is 5.56 Å². The molecule has 0 saturated heterocycles. The van der Waals surface area contributed by atoms with Gasteiger partial charge in [0.2, 0.25) is 0 Å². The standard InChI is InChI=1S/C11H10F3NO/c12-11(13,14)10-3-1-8(2-4-10)5-9(6-15)7-16/h1-4,9,16H,5,7H2/t9-/m0/s1. The number of aliphatic hydroxyl groups is 1. The Morgan fingerprint density at radius 2 is 1.81 bits per heavy atom. The van der Waals surface area contributed by atoms with Crippen molar-refractivity contribution in [1.29, 1.82) is 5.26 Å². The van der Waals surface area contributed by atoms with Crippen molar-refractivity contribution in [2.24, 2.45) is 5.92 Å². The van der Waals surface area contributed by atoms with Crippen molar-refractivity contribution >= 4 is 0 Å². The Kier molecular flexibility index (Phi) is 3.91. The van der Waals surface area contributed by atoms with E-state index in [1.165, 1.54) is 12.1 Å². The Balaban J connectivity index is 2.77. The van der Waals surface area contributed by atoms with Crippen LogP contribution < -0.4 is 0 Å². The van der Waals surface area contributed by atoms with Crippen LogP contribution >= 0.6 is 0 Å². The van der Waals surface area contributed by atoms with Crippen LogP contribution in [0, 0.1) is 17.2 Å². The summed E-state index contributed by atoms with van der Waals surface area (Å²) in [4.78, 5) is 0. The van der Waals surface area contributed by atoms with Gasteiger partial charge in [0.1, 0.15) is 0 Å². The van der Waals surface area contributed by atoms with E-state index in [1.54, 1.807) is 0 Å². The average Bonchev–Trinajstić information content (AvgIpc) is 2.25. The maximum absolute atomic E-state index is 12.2. The molecule has 86 valence electrons. The van der Waals surface area contributed by atoms with E-state index >= 15 is 0 Å². The average molecular weight is 229 g/mol. The minimum Gasteiger partial charge on any atom is -0.395 e. The van der Waals surface area contributed by atoms with E-state index in [4.69, 9.17) is 10.4 Å². The molecule has 0 bridgehead atoms. The number of aliphatic hydroxyl groups excluding tert-OH is 1. The summed E-state index contributed by atoms with van der Waals surface area (Å²) in [7, 11) is 0. The summed E-state index contributed by atoms with van der Waals surface area (Å²) in [5.41, 5.74) is -0.109. The Morgan fingerprint density at radius 3 is 2.19 bits per heavy atom. The summed E-state index contributed by atoms with van der Waals surface area (Å²) in [6.07, 6.45) is -4.09. The molecule has 0 radical (unpaired) electrons.